The zero-order valence-corrected chi connectivity index (χ0v) is 16.3. The number of anilines is 1. The van der Waals surface area contributed by atoms with Gasteiger partial charge >= 0.3 is 6.03 Å². The molecule has 0 saturated carbocycles. The Kier molecular flexibility index (Phi) is 6.18. The zero-order chi connectivity index (χ0) is 20.1. The fourth-order valence-electron chi connectivity index (χ4n) is 3.32. The molecule has 8 heteroatoms. The summed E-state index contributed by atoms with van der Waals surface area (Å²) in [5.41, 5.74) is 0.918. The predicted molar refractivity (Wildman–Crippen MR) is 104 cm³/mol. The van der Waals surface area contributed by atoms with Gasteiger partial charge in [0.1, 0.15) is 5.82 Å². The number of pyridine rings is 1. The fraction of sp³-hybridized carbons (Fsp3) is 0.400. The molecular weight excluding hydrogens is 363 g/mol. The molecule has 150 valence electrons. The van der Waals surface area contributed by atoms with E-state index in [0.717, 1.165) is 5.56 Å². The van der Waals surface area contributed by atoms with E-state index in [1.54, 1.807) is 31.3 Å². The number of methoxy groups -OCH3 is 2. The molecule has 0 radical (unpaired) electrons. The van der Waals surface area contributed by atoms with E-state index in [1.165, 1.54) is 6.07 Å². The van der Waals surface area contributed by atoms with Crippen LogP contribution >= 0.6 is 0 Å². The highest BCUT2D eigenvalue weighted by molar-refractivity contribution is 5.74. The van der Waals surface area contributed by atoms with E-state index in [0.29, 0.717) is 43.5 Å². The molecule has 7 nitrogen and oxygen atoms in total. The number of piperazine rings is 1. The van der Waals surface area contributed by atoms with Crippen molar-refractivity contribution in [1.29, 1.82) is 0 Å². The van der Waals surface area contributed by atoms with Crippen LogP contribution in [-0.2, 0) is 6.54 Å². The minimum atomic E-state index is -0.500. The summed E-state index contributed by atoms with van der Waals surface area (Å²) in [4.78, 5) is 20.3. The van der Waals surface area contributed by atoms with Crippen LogP contribution in [0.5, 0.6) is 11.5 Å². The molecule has 1 aromatic heterocycles. The molecule has 0 spiro atoms. The number of nitrogens with zero attached hydrogens (tertiary/aromatic N) is 3. The van der Waals surface area contributed by atoms with Crippen LogP contribution in [0.15, 0.2) is 36.4 Å². The molecule has 1 atom stereocenters. The van der Waals surface area contributed by atoms with Crippen molar-refractivity contribution in [2.75, 3.05) is 38.8 Å². The molecule has 3 rings (SSSR count). The highest BCUT2D eigenvalue weighted by Gasteiger charge is 2.27. The average Bonchev–Trinajstić information content (AvgIpc) is 2.71. The van der Waals surface area contributed by atoms with E-state index in [4.69, 9.17) is 9.47 Å². The second-order valence-corrected chi connectivity index (χ2v) is 6.65. The molecule has 28 heavy (non-hydrogen) atoms. The maximum Gasteiger partial charge on any atom is 0.317 e. The Hall–Kier alpha value is -3.03. The van der Waals surface area contributed by atoms with Crippen LogP contribution in [0.3, 0.4) is 0 Å². The van der Waals surface area contributed by atoms with Gasteiger partial charge in [0.2, 0.25) is 5.95 Å². The molecule has 1 unspecified atom stereocenters. The Morgan fingerprint density at radius 2 is 2.00 bits per heavy atom. The van der Waals surface area contributed by atoms with E-state index >= 15 is 0 Å². The molecular formula is C20H25FN4O3. The number of halogens is 1. The number of carbonyl (C=O) groups is 1. The third-order valence-corrected chi connectivity index (χ3v) is 4.80. The average molecular weight is 388 g/mol. The van der Waals surface area contributed by atoms with Gasteiger partial charge in [-0.15, -0.1) is 0 Å². The van der Waals surface area contributed by atoms with Gasteiger partial charge in [-0.3, -0.25) is 0 Å². The minimum Gasteiger partial charge on any atom is -0.493 e. The number of amides is 2. The minimum absolute atomic E-state index is 0.0369. The van der Waals surface area contributed by atoms with Gasteiger partial charge in [-0.1, -0.05) is 12.1 Å². The first-order valence-corrected chi connectivity index (χ1v) is 9.14. The highest BCUT2D eigenvalue weighted by atomic mass is 19.1. The second-order valence-electron chi connectivity index (χ2n) is 6.65. The summed E-state index contributed by atoms with van der Waals surface area (Å²) >= 11 is 0. The van der Waals surface area contributed by atoms with Gasteiger partial charge in [-0.25, -0.2) is 9.78 Å². The quantitative estimate of drug-likeness (QED) is 0.798. The third kappa shape index (κ3) is 4.44. The topological polar surface area (TPSA) is 66.9 Å². The number of hydrogen-bond donors (Lipinski definition) is 1. The first kappa shape index (κ1) is 19.7. The van der Waals surface area contributed by atoms with Crippen LogP contribution in [0.2, 0.25) is 0 Å². The summed E-state index contributed by atoms with van der Waals surface area (Å²) in [7, 11) is 3.16. The van der Waals surface area contributed by atoms with Crippen molar-refractivity contribution < 1.29 is 18.7 Å². The lowest BCUT2D eigenvalue weighted by Gasteiger charge is -2.40. The summed E-state index contributed by atoms with van der Waals surface area (Å²) in [5, 5.41) is 2.94. The summed E-state index contributed by atoms with van der Waals surface area (Å²) in [6.45, 7) is 4.07. The Bertz CT molecular complexity index is 833. The predicted octanol–water partition coefficient (Wildman–Crippen LogP) is 2.66. The van der Waals surface area contributed by atoms with Crippen molar-refractivity contribution in [3.05, 3.63) is 47.9 Å². The van der Waals surface area contributed by atoms with Crippen molar-refractivity contribution in [2.45, 2.75) is 19.5 Å². The van der Waals surface area contributed by atoms with Crippen LogP contribution < -0.4 is 19.7 Å². The number of urea groups is 1. The standard InChI is InChI=1S/C20H25FN4O3/c1-14-13-24(9-10-25(14)19-6-4-5-18(21)23-19)20(26)22-12-15-7-8-16(27-2)17(11-15)28-3/h4-8,11,14H,9-10,12-13H2,1-3H3,(H,22,26). The van der Waals surface area contributed by atoms with Gasteiger partial charge in [0.05, 0.1) is 14.2 Å². The summed E-state index contributed by atoms with van der Waals surface area (Å²) in [5.74, 6) is 1.37. The van der Waals surface area contributed by atoms with Crippen LogP contribution in [0.25, 0.3) is 0 Å². The monoisotopic (exact) mass is 388 g/mol. The molecule has 0 bridgehead atoms. The molecule has 2 amide bonds. The molecule has 1 saturated heterocycles. The van der Waals surface area contributed by atoms with Crippen molar-refractivity contribution in [2.24, 2.45) is 0 Å². The van der Waals surface area contributed by atoms with Gasteiger partial charge in [-0.05, 0) is 36.8 Å². The molecule has 1 aliphatic heterocycles. The van der Waals surface area contributed by atoms with E-state index in [-0.39, 0.29) is 12.1 Å². The van der Waals surface area contributed by atoms with E-state index in [2.05, 4.69) is 10.3 Å². The van der Waals surface area contributed by atoms with Crippen molar-refractivity contribution in [3.8, 4) is 11.5 Å². The van der Waals surface area contributed by atoms with Gasteiger partial charge in [0.15, 0.2) is 11.5 Å². The first-order valence-electron chi connectivity index (χ1n) is 9.14. The Morgan fingerprint density at radius 1 is 1.21 bits per heavy atom. The van der Waals surface area contributed by atoms with Gasteiger partial charge < -0.3 is 24.6 Å². The van der Waals surface area contributed by atoms with Crippen LogP contribution in [0.4, 0.5) is 15.0 Å². The molecule has 2 aromatic rings. The normalized spacial score (nSPS) is 16.6. The molecule has 1 fully saturated rings. The number of ether oxygens (including phenoxy) is 2. The van der Waals surface area contributed by atoms with Gasteiger partial charge in [0, 0.05) is 32.2 Å². The highest BCUT2D eigenvalue weighted by Crippen LogP contribution is 2.27. The summed E-state index contributed by atoms with van der Waals surface area (Å²) in [6, 6.07) is 10.2. The maximum atomic E-state index is 13.4. The first-order chi connectivity index (χ1) is 13.5. The largest absolute Gasteiger partial charge is 0.493 e. The van der Waals surface area contributed by atoms with Crippen molar-refractivity contribution in [1.82, 2.24) is 15.2 Å². The van der Waals surface area contributed by atoms with Gasteiger partial charge in [0.25, 0.3) is 0 Å². The number of benzene rings is 1. The molecule has 1 aromatic carbocycles. The number of rotatable bonds is 5. The lowest BCUT2D eigenvalue weighted by Crippen LogP contribution is -2.56. The Labute approximate surface area is 164 Å². The molecule has 2 heterocycles. The lowest BCUT2D eigenvalue weighted by molar-refractivity contribution is 0.186. The van der Waals surface area contributed by atoms with Crippen LogP contribution in [0.1, 0.15) is 12.5 Å². The van der Waals surface area contributed by atoms with Crippen LogP contribution in [0, 0.1) is 5.95 Å². The second kappa shape index (κ2) is 8.77. The van der Waals surface area contributed by atoms with Crippen LogP contribution in [-0.4, -0.2) is 55.8 Å². The number of aromatic nitrogens is 1. The molecule has 1 N–H and O–H groups in total. The lowest BCUT2D eigenvalue weighted by atomic mass is 10.2. The zero-order valence-electron chi connectivity index (χ0n) is 16.3. The number of hydrogen-bond acceptors (Lipinski definition) is 5. The number of carbonyl (C=O) groups excluding carboxylic acids is 1. The van der Waals surface area contributed by atoms with Crippen molar-refractivity contribution in [3.63, 3.8) is 0 Å². The Morgan fingerprint density at radius 3 is 2.68 bits per heavy atom. The fourth-order valence-corrected chi connectivity index (χ4v) is 3.32. The Balaban J connectivity index is 1.56. The number of nitrogens with one attached hydrogen (secondary N) is 1. The van der Waals surface area contributed by atoms with E-state index < -0.39 is 5.95 Å². The third-order valence-electron chi connectivity index (χ3n) is 4.80. The SMILES string of the molecule is COc1ccc(CNC(=O)N2CCN(c3cccc(F)n3)C(C)C2)cc1OC. The van der Waals surface area contributed by atoms with Gasteiger partial charge in [-0.2, -0.15) is 4.39 Å². The maximum absolute atomic E-state index is 13.4. The summed E-state index contributed by atoms with van der Waals surface area (Å²) < 4.78 is 23.9. The van der Waals surface area contributed by atoms with Crippen molar-refractivity contribution >= 4 is 11.8 Å². The van der Waals surface area contributed by atoms with E-state index in [1.807, 2.05) is 30.0 Å². The summed E-state index contributed by atoms with van der Waals surface area (Å²) in [6.07, 6.45) is 0. The molecule has 0 aliphatic carbocycles. The van der Waals surface area contributed by atoms with E-state index in [9.17, 15) is 9.18 Å². The molecule has 1 aliphatic rings. The smallest absolute Gasteiger partial charge is 0.317 e.